The van der Waals surface area contributed by atoms with Crippen molar-refractivity contribution < 1.29 is 4.39 Å². The second-order valence-corrected chi connectivity index (χ2v) is 6.62. The Hall–Kier alpha value is -2.15. The van der Waals surface area contributed by atoms with Gasteiger partial charge in [0.25, 0.3) is 0 Å². The van der Waals surface area contributed by atoms with Crippen LogP contribution < -0.4 is 5.32 Å². The molecule has 126 valence electrons. The van der Waals surface area contributed by atoms with Gasteiger partial charge in [-0.2, -0.15) is 0 Å². The van der Waals surface area contributed by atoms with Crippen LogP contribution in [0.2, 0.25) is 0 Å². The molecule has 1 N–H and O–H groups in total. The van der Waals surface area contributed by atoms with Crippen molar-refractivity contribution >= 4 is 5.82 Å². The SMILES string of the molecule is F[C@H]1C[C@@H](CNc2ccnc(C3CC3)n2)N(Cc2cncnc2)C1. The minimum Gasteiger partial charge on any atom is -0.368 e. The third-order valence-corrected chi connectivity index (χ3v) is 4.61. The van der Waals surface area contributed by atoms with Gasteiger partial charge in [0.2, 0.25) is 0 Å². The van der Waals surface area contributed by atoms with Crippen molar-refractivity contribution in [2.75, 3.05) is 18.4 Å². The quantitative estimate of drug-likeness (QED) is 0.876. The first-order valence-electron chi connectivity index (χ1n) is 8.47. The maximum absolute atomic E-state index is 13.9. The fourth-order valence-corrected chi connectivity index (χ4v) is 3.21. The molecule has 2 fully saturated rings. The Morgan fingerprint density at radius 1 is 1.25 bits per heavy atom. The number of aromatic nitrogens is 4. The van der Waals surface area contributed by atoms with Crippen LogP contribution in [-0.4, -0.2) is 50.1 Å². The van der Waals surface area contributed by atoms with Gasteiger partial charge in [0.05, 0.1) is 0 Å². The minimum absolute atomic E-state index is 0.138. The van der Waals surface area contributed by atoms with Gasteiger partial charge in [0.15, 0.2) is 0 Å². The molecule has 0 aromatic carbocycles. The highest BCUT2D eigenvalue weighted by Crippen LogP contribution is 2.38. The van der Waals surface area contributed by atoms with Gasteiger partial charge in [-0.25, -0.2) is 24.3 Å². The Morgan fingerprint density at radius 2 is 2.08 bits per heavy atom. The Bertz CT molecular complexity index is 678. The van der Waals surface area contributed by atoms with E-state index in [1.54, 1.807) is 18.6 Å². The molecular formula is C17H21FN6. The maximum Gasteiger partial charge on any atom is 0.133 e. The van der Waals surface area contributed by atoms with Gasteiger partial charge in [0, 0.05) is 55.7 Å². The summed E-state index contributed by atoms with van der Waals surface area (Å²) in [5.41, 5.74) is 1.01. The summed E-state index contributed by atoms with van der Waals surface area (Å²) in [6.45, 7) is 1.80. The fourth-order valence-electron chi connectivity index (χ4n) is 3.21. The number of anilines is 1. The molecule has 24 heavy (non-hydrogen) atoms. The van der Waals surface area contributed by atoms with Crippen LogP contribution in [0.3, 0.4) is 0 Å². The van der Waals surface area contributed by atoms with E-state index in [0.29, 0.717) is 32.0 Å². The van der Waals surface area contributed by atoms with E-state index in [0.717, 1.165) is 17.2 Å². The van der Waals surface area contributed by atoms with Crippen molar-refractivity contribution in [3.8, 4) is 0 Å². The number of hydrogen-bond acceptors (Lipinski definition) is 6. The van der Waals surface area contributed by atoms with Gasteiger partial charge in [-0.1, -0.05) is 0 Å². The Balaban J connectivity index is 1.38. The molecule has 2 aliphatic rings. The van der Waals surface area contributed by atoms with Gasteiger partial charge >= 0.3 is 0 Å². The second-order valence-electron chi connectivity index (χ2n) is 6.62. The highest BCUT2D eigenvalue weighted by Gasteiger charge is 2.32. The van der Waals surface area contributed by atoms with Crippen LogP contribution in [0.25, 0.3) is 0 Å². The first kappa shape index (κ1) is 15.4. The third-order valence-electron chi connectivity index (χ3n) is 4.61. The second kappa shape index (κ2) is 6.76. The molecule has 4 rings (SSSR count). The zero-order chi connectivity index (χ0) is 16.4. The molecule has 0 unspecified atom stereocenters. The molecule has 1 saturated heterocycles. The number of halogens is 1. The van der Waals surface area contributed by atoms with Crippen molar-refractivity contribution in [3.05, 3.63) is 42.4 Å². The van der Waals surface area contributed by atoms with E-state index in [4.69, 9.17) is 0 Å². The largest absolute Gasteiger partial charge is 0.368 e. The van der Waals surface area contributed by atoms with E-state index >= 15 is 0 Å². The Morgan fingerprint density at radius 3 is 2.88 bits per heavy atom. The summed E-state index contributed by atoms with van der Waals surface area (Å²) in [5.74, 6) is 2.29. The molecular weight excluding hydrogens is 307 g/mol. The van der Waals surface area contributed by atoms with E-state index in [1.807, 2.05) is 6.07 Å². The molecule has 0 bridgehead atoms. The van der Waals surface area contributed by atoms with Crippen LogP contribution in [0.1, 0.15) is 36.6 Å². The molecule has 3 heterocycles. The summed E-state index contributed by atoms with van der Waals surface area (Å²) in [7, 11) is 0. The smallest absolute Gasteiger partial charge is 0.133 e. The maximum atomic E-state index is 13.9. The summed E-state index contributed by atoms with van der Waals surface area (Å²) in [6.07, 6.45) is 9.01. The summed E-state index contributed by atoms with van der Waals surface area (Å²) < 4.78 is 13.9. The Labute approximate surface area is 140 Å². The van der Waals surface area contributed by atoms with Gasteiger partial charge < -0.3 is 5.32 Å². The zero-order valence-electron chi connectivity index (χ0n) is 13.5. The summed E-state index contributed by atoms with van der Waals surface area (Å²) in [5, 5.41) is 3.36. The lowest BCUT2D eigenvalue weighted by molar-refractivity contribution is 0.241. The topological polar surface area (TPSA) is 66.8 Å². The molecule has 1 aliphatic heterocycles. The van der Waals surface area contributed by atoms with E-state index in [9.17, 15) is 4.39 Å². The standard InChI is InChI=1S/C17H21FN6/c18-14-5-15(24(10-14)9-12-6-19-11-20-7-12)8-22-16-3-4-21-17(23-16)13-1-2-13/h3-4,6-7,11,13-15H,1-2,5,8-10H2,(H,21,22,23)/t14-,15-/m0/s1. The van der Waals surface area contributed by atoms with E-state index in [2.05, 4.69) is 30.2 Å². The molecule has 2 atom stereocenters. The number of nitrogens with zero attached hydrogens (tertiary/aromatic N) is 5. The summed E-state index contributed by atoms with van der Waals surface area (Å²) in [6, 6.07) is 2.02. The van der Waals surface area contributed by atoms with E-state index in [-0.39, 0.29) is 6.04 Å². The third kappa shape index (κ3) is 3.67. The van der Waals surface area contributed by atoms with Gasteiger partial charge in [-0.05, 0) is 25.3 Å². The predicted octanol–water partition coefficient (Wildman–Crippen LogP) is 2.17. The molecule has 7 heteroatoms. The number of hydrogen-bond donors (Lipinski definition) is 1. The van der Waals surface area contributed by atoms with Crippen LogP contribution in [-0.2, 0) is 6.54 Å². The van der Waals surface area contributed by atoms with Crippen LogP contribution in [0.4, 0.5) is 10.2 Å². The number of nitrogens with one attached hydrogen (secondary N) is 1. The highest BCUT2D eigenvalue weighted by molar-refractivity contribution is 5.34. The van der Waals surface area contributed by atoms with Crippen molar-refractivity contribution in [2.45, 2.75) is 43.9 Å². The lowest BCUT2D eigenvalue weighted by Crippen LogP contribution is -2.34. The number of likely N-dealkylation sites (tertiary alicyclic amines) is 1. The molecule has 2 aromatic heterocycles. The minimum atomic E-state index is -0.783. The average Bonchev–Trinajstić information content (AvgIpc) is 3.39. The molecule has 2 aromatic rings. The lowest BCUT2D eigenvalue weighted by atomic mass is 10.2. The number of alkyl halides is 1. The van der Waals surface area contributed by atoms with Crippen molar-refractivity contribution in [3.63, 3.8) is 0 Å². The van der Waals surface area contributed by atoms with Gasteiger partial charge in [-0.15, -0.1) is 0 Å². The van der Waals surface area contributed by atoms with Crippen molar-refractivity contribution in [2.24, 2.45) is 0 Å². The number of rotatable bonds is 6. The molecule has 1 aliphatic carbocycles. The van der Waals surface area contributed by atoms with Crippen molar-refractivity contribution in [1.29, 1.82) is 0 Å². The van der Waals surface area contributed by atoms with Crippen LogP contribution >= 0.6 is 0 Å². The highest BCUT2D eigenvalue weighted by atomic mass is 19.1. The molecule has 6 nitrogen and oxygen atoms in total. The lowest BCUT2D eigenvalue weighted by Gasteiger charge is -2.24. The normalized spacial score (nSPS) is 24.2. The van der Waals surface area contributed by atoms with Gasteiger partial charge in [-0.3, -0.25) is 4.90 Å². The summed E-state index contributed by atoms with van der Waals surface area (Å²) >= 11 is 0. The summed E-state index contributed by atoms with van der Waals surface area (Å²) in [4.78, 5) is 19.1. The molecule has 0 amide bonds. The van der Waals surface area contributed by atoms with Crippen LogP contribution in [0.15, 0.2) is 31.0 Å². The van der Waals surface area contributed by atoms with Crippen molar-refractivity contribution in [1.82, 2.24) is 24.8 Å². The first-order valence-corrected chi connectivity index (χ1v) is 8.47. The monoisotopic (exact) mass is 328 g/mol. The average molecular weight is 328 g/mol. The molecule has 1 saturated carbocycles. The van der Waals surface area contributed by atoms with Crippen LogP contribution in [0, 0.1) is 0 Å². The van der Waals surface area contributed by atoms with E-state index < -0.39 is 6.17 Å². The van der Waals surface area contributed by atoms with Gasteiger partial charge in [0.1, 0.15) is 24.1 Å². The first-order chi connectivity index (χ1) is 11.8. The van der Waals surface area contributed by atoms with Crippen LogP contribution in [0.5, 0.6) is 0 Å². The Kier molecular flexibility index (Phi) is 4.34. The predicted molar refractivity (Wildman–Crippen MR) is 88.2 cm³/mol. The molecule has 0 spiro atoms. The fraction of sp³-hybridized carbons (Fsp3) is 0.529. The zero-order valence-corrected chi connectivity index (χ0v) is 13.5. The molecule has 0 radical (unpaired) electrons. The van der Waals surface area contributed by atoms with E-state index in [1.165, 1.54) is 19.2 Å².